The lowest BCUT2D eigenvalue weighted by molar-refractivity contribution is -0.142. The number of imide groups is 1. The molecule has 0 aliphatic carbocycles. The molecule has 1 aliphatic heterocycles. The lowest BCUT2D eigenvalue weighted by Gasteiger charge is -2.24. The van der Waals surface area contributed by atoms with Crippen molar-refractivity contribution in [1.29, 1.82) is 0 Å². The number of nitrogens with zero attached hydrogens (tertiary/aromatic N) is 2. The molecule has 0 saturated heterocycles. The van der Waals surface area contributed by atoms with Crippen LogP contribution in [0.5, 0.6) is 0 Å². The number of para-hydroxylation sites is 1. The van der Waals surface area contributed by atoms with Crippen molar-refractivity contribution in [2.24, 2.45) is 0 Å². The summed E-state index contributed by atoms with van der Waals surface area (Å²) in [7, 11) is 0. The smallest absolute Gasteiger partial charge is 0.308 e. The minimum atomic E-state index is -5.12. The quantitative estimate of drug-likeness (QED) is 0.124. The summed E-state index contributed by atoms with van der Waals surface area (Å²) in [4.78, 5) is 31.5. The fourth-order valence-electron chi connectivity index (χ4n) is 8.70. The van der Waals surface area contributed by atoms with E-state index >= 15 is 4.79 Å². The van der Waals surface area contributed by atoms with E-state index in [4.69, 9.17) is 0 Å². The van der Waals surface area contributed by atoms with E-state index in [2.05, 4.69) is 0 Å². The number of benzene rings is 8. The van der Waals surface area contributed by atoms with Gasteiger partial charge in [0.25, 0.3) is 11.8 Å². The Morgan fingerprint density at radius 2 is 0.952 bits per heavy atom. The third-order valence-electron chi connectivity index (χ3n) is 11.4. The largest absolute Gasteiger partial charge is 0.417 e. The normalized spacial score (nSPS) is 13.0. The number of amides is 2. The van der Waals surface area contributed by atoms with Crippen LogP contribution in [0.1, 0.15) is 31.8 Å². The van der Waals surface area contributed by atoms with Gasteiger partial charge in [0.15, 0.2) is 0 Å². The predicted molar refractivity (Wildman–Crippen MR) is 230 cm³/mol. The van der Waals surface area contributed by atoms with Crippen LogP contribution in [-0.2, 0) is 12.4 Å². The summed E-state index contributed by atoms with van der Waals surface area (Å²) in [5.41, 5.74) is 3.16. The van der Waals surface area contributed by atoms with Crippen LogP contribution in [0.15, 0.2) is 182 Å². The molecule has 0 radical (unpaired) electrons. The number of hydrogen-bond acceptors (Lipinski definition) is 2. The number of carbonyl (C=O) groups excluding carboxylic acids is 2. The van der Waals surface area contributed by atoms with Crippen molar-refractivity contribution in [3.05, 3.63) is 204 Å². The summed E-state index contributed by atoms with van der Waals surface area (Å²) in [6.07, 6.45) is -10.1. The van der Waals surface area contributed by atoms with Crippen LogP contribution >= 0.6 is 0 Å². The van der Waals surface area contributed by atoms with Gasteiger partial charge >= 0.3 is 12.4 Å². The number of fused-ring (bicyclic) bond motifs is 4. The van der Waals surface area contributed by atoms with Gasteiger partial charge in [-0.15, -0.1) is 0 Å². The molecule has 2 amide bonds. The van der Waals surface area contributed by atoms with Crippen molar-refractivity contribution < 1.29 is 35.9 Å². The molecule has 0 saturated carbocycles. The van der Waals surface area contributed by atoms with Crippen LogP contribution < -0.4 is 4.90 Å². The highest BCUT2D eigenvalue weighted by Gasteiger charge is 2.42. The number of halogens is 6. The summed E-state index contributed by atoms with van der Waals surface area (Å²) in [5.74, 6) is -1.17. The summed E-state index contributed by atoms with van der Waals surface area (Å²) in [6, 6.07) is 50.8. The van der Waals surface area contributed by atoms with E-state index in [0.29, 0.717) is 50.4 Å². The first-order chi connectivity index (χ1) is 29.9. The summed E-state index contributed by atoms with van der Waals surface area (Å²) >= 11 is 0. The van der Waals surface area contributed by atoms with Crippen LogP contribution in [0.25, 0.3) is 72.0 Å². The number of anilines is 1. The maximum Gasteiger partial charge on any atom is 0.417 e. The molecule has 0 fully saturated rings. The Balaban J connectivity index is 1.21. The molecule has 8 aromatic carbocycles. The maximum absolute atomic E-state index is 15.3. The molecule has 4 nitrogen and oxygen atoms in total. The Kier molecular flexibility index (Phi) is 8.99. The van der Waals surface area contributed by atoms with E-state index < -0.39 is 40.9 Å². The Labute approximate surface area is 350 Å². The zero-order valence-corrected chi connectivity index (χ0v) is 32.3. The van der Waals surface area contributed by atoms with Crippen LogP contribution in [0, 0.1) is 0 Å². The van der Waals surface area contributed by atoms with Crippen LogP contribution in [0.2, 0.25) is 0 Å². The van der Waals surface area contributed by atoms with Gasteiger partial charge in [-0.2, -0.15) is 26.3 Å². The van der Waals surface area contributed by atoms with Gasteiger partial charge in [-0.1, -0.05) is 133 Å². The van der Waals surface area contributed by atoms with E-state index in [1.807, 2.05) is 103 Å². The third-order valence-corrected chi connectivity index (χ3v) is 11.4. The average molecular weight is 829 g/mol. The molecule has 1 aliphatic rings. The molecule has 62 heavy (non-hydrogen) atoms. The lowest BCUT2D eigenvalue weighted by Crippen LogP contribution is -2.30. The van der Waals surface area contributed by atoms with Crippen molar-refractivity contribution in [2.45, 2.75) is 12.4 Å². The highest BCUT2D eigenvalue weighted by molar-refractivity contribution is 6.37. The Hall–Kier alpha value is -7.72. The first-order valence-electron chi connectivity index (χ1n) is 19.6. The number of alkyl halides is 6. The zero-order valence-electron chi connectivity index (χ0n) is 32.3. The van der Waals surface area contributed by atoms with Crippen LogP contribution in [-0.4, -0.2) is 16.4 Å². The SMILES string of the molecule is O=C1c2cccc(-n3c4ccccc4c4c(-c5ccc(C(F)(F)F)cc5C(F)(F)F)cccc43)c2C(=O)N1c1c(-c2ccccc2)cc(-c2ccccc2)cc1-c1ccccc1. The summed E-state index contributed by atoms with van der Waals surface area (Å²) in [6.45, 7) is 0. The van der Waals surface area contributed by atoms with Gasteiger partial charge in [0.1, 0.15) is 0 Å². The minimum absolute atomic E-state index is 0.0496. The zero-order chi connectivity index (χ0) is 42.9. The van der Waals surface area contributed by atoms with Gasteiger partial charge in [-0.3, -0.25) is 9.59 Å². The van der Waals surface area contributed by atoms with E-state index in [9.17, 15) is 31.1 Å². The molecule has 0 bridgehead atoms. The second kappa shape index (κ2) is 14.5. The molecular formula is C52H30F6N2O2. The van der Waals surface area contributed by atoms with Crippen molar-refractivity contribution in [2.75, 3.05) is 4.90 Å². The molecule has 10 heteroatoms. The van der Waals surface area contributed by atoms with Gasteiger partial charge in [0.2, 0.25) is 0 Å². The van der Waals surface area contributed by atoms with Crippen LogP contribution in [0.4, 0.5) is 32.0 Å². The standard InChI is InChI=1S/C52H30F6N2O2/c53-51(54,55)35-26-27-36(42(30-35)52(56,57)58)37-21-12-24-44-46(37)38-20-10-11-23-43(38)59(44)45-25-13-22-39-47(45)50(62)60(49(39)61)48-40(32-16-6-2-7-17-32)28-34(31-14-4-1-5-15-31)29-41(48)33-18-8-3-9-19-33/h1-30H. The molecule has 10 rings (SSSR count). The van der Waals surface area contributed by atoms with Crippen molar-refractivity contribution in [1.82, 2.24) is 4.57 Å². The second-order valence-electron chi connectivity index (χ2n) is 15.0. The first-order valence-corrected chi connectivity index (χ1v) is 19.6. The molecule has 1 aromatic heterocycles. The van der Waals surface area contributed by atoms with Crippen LogP contribution in [0.3, 0.4) is 0 Å². The van der Waals surface area contributed by atoms with E-state index in [0.717, 1.165) is 28.3 Å². The topological polar surface area (TPSA) is 42.3 Å². The van der Waals surface area contributed by atoms with E-state index in [1.54, 1.807) is 53.1 Å². The Bertz CT molecular complexity index is 3190. The molecule has 0 N–H and O–H groups in total. The molecule has 302 valence electrons. The van der Waals surface area contributed by atoms with Gasteiger partial charge in [0, 0.05) is 21.9 Å². The van der Waals surface area contributed by atoms with E-state index in [1.165, 1.54) is 17.0 Å². The second-order valence-corrected chi connectivity index (χ2v) is 15.0. The fourth-order valence-corrected chi connectivity index (χ4v) is 8.70. The molecule has 9 aromatic rings. The average Bonchev–Trinajstić information content (AvgIpc) is 3.76. The minimum Gasteiger partial charge on any atom is -0.308 e. The number of rotatable bonds is 6. The van der Waals surface area contributed by atoms with Gasteiger partial charge < -0.3 is 4.57 Å². The highest BCUT2D eigenvalue weighted by Crippen LogP contribution is 2.49. The number of aromatic nitrogens is 1. The monoisotopic (exact) mass is 828 g/mol. The lowest BCUT2D eigenvalue weighted by atomic mass is 9.90. The molecule has 0 spiro atoms. The molecular weight excluding hydrogens is 799 g/mol. The molecule has 0 unspecified atom stereocenters. The van der Waals surface area contributed by atoms with E-state index in [-0.39, 0.29) is 22.8 Å². The Morgan fingerprint density at radius 3 is 1.56 bits per heavy atom. The molecule has 2 heterocycles. The first kappa shape index (κ1) is 38.5. The third kappa shape index (κ3) is 6.25. The fraction of sp³-hybridized carbons (Fsp3) is 0.0385. The van der Waals surface area contributed by atoms with Crippen molar-refractivity contribution in [3.63, 3.8) is 0 Å². The van der Waals surface area contributed by atoms with Gasteiger partial charge in [-0.05, 0) is 81.9 Å². The summed E-state index contributed by atoms with van der Waals surface area (Å²) in [5, 5.41) is 0.820. The van der Waals surface area contributed by atoms with Crippen molar-refractivity contribution >= 4 is 39.3 Å². The maximum atomic E-state index is 15.3. The van der Waals surface area contributed by atoms with Gasteiger partial charge in [0.05, 0.1) is 44.7 Å². The van der Waals surface area contributed by atoms with Gasteiger partial charge in [-0.25, -0.2) is 4.90 Å². The molecule has 0 atom stereocenters. The predicted octanol–water partition coefficient (Wildman–Crippen LogP) is 14.3. The number of hydrogen-bond donors (Lipinski definition) is 0. The number of carbonyl (C=O) groups is 2. The highest BCUT2D eigenvalue weighted by atomic mass is 19.4. The van der Waals surface area contributed by atoms with Crippen molar-refractivity contribution in [3.8, 4) is 50.2 Å². The Morgan fingerprint density at radius 1 is 0.403 bits per heavy atom. The summed E-state index contributed by atoms with van der Waals surface area (Å²) < 4.78 is 86.8.